The number of hydrogen-bond acceptors (Lipinski definition) is 7. The van der Waals surface area contributed by atoms with E-state index in [4.69, 9.17) is 30.8 Å². The molecule has 1 heterocycles. The number of para-hydroxylation sites is 1. The molecule has 36 heavy (non-hydrogen) atoms. The summed E-state index contributed by atoms with van der Waals surface area (Å²) in [7, 11) is 1.46. The molecule has 9 heteroatoms. The summed E-state index contributed by atoms with van der Waals surface area (Å²) in [5, 5.41) is 5.25. The van der Waals surface area contributed by atoms with Crippen LogP contribution >= 0.6 is 11.6 Å². The van der Waals surface area contributed by atoms with Gasteiger partial charge in [0.1, 0.15) is 0 Å². The summed E-state index contributed by atoms with van der Waals surface area (Å²) >= 11 is 6.30. The molecule has 0 spiro atoms. The molecule has 0 aliphatic carbocycles. The van der Waals surface area contributed by atoms with Gasteiger partial charge in [-0.15, -0.1) is 0 Å². The van der Waals surface area contributed by atoms with E-state index in [-0.39, 0.29) is 17.9 Å². The smallest absolute Gasteiger partial charge is 0.347 e. The van der Waals surface area contributed by atoms with Crippen molar-refractivity contribution in [3.8, 4) is 22.9 Å². The number of aromatic nitrogens is 2. The lowest BCUT2D eigenvalue weighted by atomic mass is 10.2. The molecule has 0 unspecified atom stereocenters. The van der Waals surface area contributed by atoms with Crippen molar-refractivity contribution in [3.63, 3.8) is 0 Å². The molecule has 0 N–H and O–H groups in total. The molecule has 0 amide bonds. The standard InChI is InChI=1S/C27H24ClN3O5/c1-4-35-27(33)17(2)36-24-19(14-20(28)15-23(24)34-3)16-29-31-25(18-10-6-5-7-11-18)30-22-13-9-8-12-21(22)26(31)32/h5-17H,4H2,1-3H3/t17-/m1/s1. The van der Waals surface area contributed by atoms with E-state index in [1.807, 2.05) is 36.4 Å². The van der Waals surface area contributed by atoms with Crippen molar-refractivity contribution in [1.82, 2.24) is 9.66 Å². The Hall–Kier alpha value is -4.17. The van der Waals surface area contributed by atoms with Crippen molar-refractivity contribution in [2.45, 2.75) is 20.0 Å². The molecule has 0 radical (unpaired) electrons. The van der Waals surface area contributed by atoms with Gasteiger partial charge in [0.05, 0.1) is 30.8 Å². The van der Waals surface area contributed by atoms with E-state index in [2.05, 4.69) is 5.10 Å². The first-order chi connectivity index (χ1) is 17.4. The second-order valence-corrected chi connectivity index (χ2v) is 8.16. The molecular formula is C27H24ClN3O5. The lowest BCUT2D eigenvalue weighted by molar-refractivity contribution is -0.150. The number of rotatable bonds is 8. The Morgan fingerprint density at radius 1 is 1.14 bits per heavy atom. The molecule has 1 atom stereocenters. The minimum absolute atomic E-state index is 0.221. The van der Waals surface area contributed by atoms with Gasteiger partial charge in [-0.05, 0) is 32.0 Å². The highest BCUT2D eigenvalue weighted by atomic mass is 35.5. The lowest BCUT2D eigenvalue weighted by Gasteiger charge is -2.18. The van der Waals surface area contributed by atoms with Crippen molar-refractivity contribution < 1.29 is 19.0 Å². The van der Waals surface area contributed by atoms with Gasteiger partial charge in [-0.1, -0.05) is 54.1 Å². The minimum Gasteiger partial charge on any atom is -0.493 e. The van der Waals surface area contributed by atoms with Crippen LogP contribution in [0, 0.1) is 0 Å². The van der Waals surface area contributed by atoms with Crippen molar-refractivity contribution >= 4 is 34.7 Å². The quantitative estimate of drug-likeness (QED) is 0.249. The van der Waals surface area contributed by atoms with E-state index in [1.165, 1.54) is 18.0 Å². The summed E-state index contributed by atoms with van der Waals surface area (Å²) in [6, 6.07) is 19.5. The first kappa shape index (κ1) is 24.9. The fourth-order valence-corrected chi connectivity index (χ4v) is 3.79. The largest absolute Gasteiger partial charge is 0.493 e. The number of methoxy groups -OCH3 is 1. The van der Waals surface area contributed by atoms with Crippen molar-refractivity contribution in [1.29, 1.82) is 0 Å². The van der Waals surface area contributed by atoms with Gasteiger partial charge in [0.25, 0.3) is 5.56 Å². The summed E-state index contributed by atoms with van der Waals surface area (Å²) in [6.07, 6.45) is 0.503. The van der Waals surface area contributed by atoms with Gasteiger partial charge in [0.15, 0.2) is 23.4 Å². The summed E-state index contributed by atoms with van der Waals surface area (Å²) in [6.45, 7) is 3.50. The molecule has 0 fully saturated rings. The second kappa shape index (κ2) is 11.0. The van der Waals surface area contributed by atoms with Gasteiger partial charge in [-0.2, -0.15) is 9.78 Å². The highest BCUT2D eigenvalue weighted by Crippen LogP contribution is 2.35. The fourth-order valence-electron chi connectivity index (χ4n) is 3.57. The number of benzene rings is 3. The summed E-state index contributed by atoms with van der Waals surface area (Å²) in [5.41, 5.74) is 1.33. The molecule has 3 aromatic carbocycles. The SMILES string of the molecule is CCOC(=O)[C@@H](C)Oc1c(C=Nn2c(-c3ccccc3)nc3ccccc3c2=O)cc(Cl)cc1OC. The maximum Gasteiger partial charge on any atom is 0.347 e. The molecule has 1 aromatic heterocycles. The van der Waals surface area contributed by atoms with Crippen LogP contribution in [0.25, 0.3) is 22.3 Å². The number of esters is 1. The minimum atomic E-state index is -0.919. The van der Waals surface area contributed by atoms with Crippen molar-refractivity contribution in [2.24, 2.45) is 5.10 Å². The fraction of sp³-hybridized carbons (Fsp3) is 0.185. The van der Waals surface area contributed by atoms with Gasteiger partial charge in [0.2, 0.25) is 0 Å². The summed E-state index contributed by atoms with van der Waals surface area (Å²) in [4.78, 5) is 30.3. The molecular weight excluding hydrogens is 482 g/mol. The van der Waals surface area contributed by atoms with Crippen LogP contribution in [0.5, 0.6) is 11.5 Å². The molecule has 4 aromatic rings. The number of hydrogen-bond donors (Lipinski definition) is 0. The molecule has 0 saturated heterocycles. The Labute approximate surface area is 212 Å². The maximum atomic E-state index is 13.4. The predicted molar refractivity (Wildman–Crippen MR) is 139 cm³/mol. The Morgan fingerprint density at radius 3 is 2.58 bits per heavy atom. The lowest BCUT2D eigenvalue weighted by Crippen LogP contribution is -2.26. The van der Waals surface area contributed by atoms with Crippen molar-refractivity contribution in [2.75, 3.05) is 13.7 Å². The highest BCUT2D eigenvalue weighted by Gasteiger charge is 2.21. The van der Waals surface area contributed by atoms with Crippen LogP contribution in [0.4, 0.5) is 0 Å². The van der Waals surface area contributed by atoms with Gasteiger partial charge < -0.3 is 14.2 Å². The number of carbonyl (C=O) groups is 1. The monoisotopic (exact) mass is 505 g/mol. The number of ether oxygens (including phenoxy) is 3. The van der Waals surface area contributed by atoms with Crippen LogP contribution in [0.2, 0.25) is 5.02 Å². The average molecular weight is 506 g/mol. The predicted octanol–water partition coefficient (Wildman–Crippen LogP) is 4.94. The molecule has 184 valence electrons. The van der Waals surface area contributed by atoms with E-state index in [9.17, 15) is 9.59 Å². The number of nitrogens with zero attached hydrogens (tertiary/aromatic N) is 3. The van der Waals surface area contributed by atoms with E-state index >= 15 is 0 Å². The number of fused-ring (bicyclic) bond motifs is 1. The van der Waals surface area contributed by atoms with Gasteiger partial charge in [0, 0.05) is 22.2 Å². The van der Waals surface area contributed by atoms with Crippen molar-refractivity contribution in [3.05, 3.63) is 87.7 Å². The molecule has 0 saturated carbocycles. The zero-order valence-corrected chi connectivity index (χ0v) is 20.7. The molecule has 0 aliphatic rings. The first-order valence-corrected chi connectivity index (χ1v) is 11.6. The summed E-state index contributed by atoms with van der Waals surface area (Å²) < 4.78 is 17.6. The van der Waals surface area contributed by atoms with E-state index in [0.717, 1.165) is 0 Å². The zero-order chi connectivity index (χ0) is 25.7. The van der Waals surface area contributed by atoms with Gasteiger partial charge in [-0.25, -0.2) is 9.78 Å². The Morgan fingerprint density at radius 2 is 1.86 bits per heavy atom. The van der Waals surface area contributed by atoms with Crippen LogP contribution < -0.4 is 15.0 Å². The Kier molecular flexibility index (Phi) is 7.65. The van der Waals surface area contributed by atoms with Gasteiger partial charge in [-0.3, -0.25) is 4.79 Å². The van der Waals surface area contributed by atoms with Crippen LogP contribution in [0.3, 0.4) is 0 Å². The van der Waals surface area contributed by atoms with Crippen LogP contribution in [0.15, 0.2) is 76.6 Å². The third-order valence-corrected chi connectivity index (χ3v) is 5.50. The molecule has 4 rings (SSSR count). The van der Waals surface area contributed by atoms with E-state index in [0.29, 0.717) is 38.6 Å². The second-order valence-electron chi connectivity index (χ2n) is 7.72. The summed E-state index contributed by atoms with van der Waals surface area (Å²) in [5.74, 6) is 0.368. The third kappa shape index (κ3) is 5.23. The molecule has 0 aliphatic heterocycles. The molecule has 8 nitrogen and oxygen atoms in total. The highest BCUT2D eigenvalue weighted by molar-refractivity contribution is 6.31. The maximum absolute atomic E-state index is 13.4. The first-order valence-electron chi connectivity index (χ1n) is 11.2. The normalized spacial score (nSPS) is 12.0. The van der Waals surface area contributed by atoms with Crippen LogP contribution in [-0.2, 0) is 9.53 Å². The van der Waals surface area contributed by atoms with E-state index < -0.39 is 12.1 Å². The topological polar surface area (TPSA) is 92.0 Å². The number of carbonyl (C=O) groups excluding carboxylic acids is 1. The number of halogens is 1. The molecule has 0 bridgehead atoms. The Balaban J connectivity index is 1.86. The zero-order valence-electron chi connectivity index (χ0n) is 20.0. The Bertz CT molecular complexity index is 1480. The van der Waals surface area contributed by atoms with Gasteiger partial charge >= 0.3 is 5.97 Å². The average Bonchev–Trinajstić information content (AvgIpc) is 2.89. The third-order valence-electron chi connectivity index (χ3n) is 5.28. The van der Waals surface area contributed by atoms with Crippen LogP contribution in [-0.4, -0.2) is 41.7 Å². The van der Waals surface area contributed by atoms with Crippen LogP contribution in [0.1, 0.15) is 19.4 Å². The van der Waals surface area contributed by atoms with E-state index in [1.54, 1.807) is 44.2 Å².